The summed E-state index contributed by atoms with van der Waals surface area (Å²) in [5.41, 5.74) is 9.92. The van der Waals surface area contributed by atoms with Crippen molar-refractivity contribution in [2.24, 2.45) is 0 Å². The molecule has 0 saturated carbocycles. The Balaban J connectivity index is 1.85. The van der Waals surface area contributed by atoms with Crippen LogP contribution in [0.3, 0.4) is 0 Å². The molecular formula is C16H15N3O. The van der Waals surface area contributed by atoms with Crippen molar-refractivity contribution in [3.05, 3.63) is 66.1 Å². The quantitative estimate of drug-likeness (QED) is 0.787. The van der Waals surface area contributed by atoms with Crippen molar-refractivity contribution < 1.29 is 4.52 Å². The van der Waals surface area contributed by atoms with Crippen LogP contribution in [-0.4, -0.2) is 10.1 Å². The third kappa shape index (κ3) is 2.54. The fourth-order valence-corrected chi connectivity index (χ4v) is 2.24. The van der Waals surface area contributed by atoms with Crippen molar-refractivity contribution in [3.63, 3.8) is 0 Å². The molecule has 100 valence electrons. The van der Waals surface area contributed by atoms with Crippen LogP contribution in [0, 0.1) is 0 Å². The lowest BCUT2D eigenvalue weighted by atomic mass is 10.0. The van der Waals surface area contributed by atoms with Crippen molar-refractivity contribution in [3.8, 4) is 11.1 Å². The van der Waals surface area contributed by atoms with Gasteiger partial charge in [-0.3, -0.25) is 4.98 Å². The molecule has 4 heteroatoms. The van der Waals surface area contributed by atoms with E-state index in [4.69, 9.17) is 10.3 Å². The fourth-order valence-electron chi connectivity index (χ4n) is 2.24. The normalized spacial score (nSPS) is 10.6. The van der Waals surface area contributed by atoms with Crippen molar-refractivity contribution in [1.82, 2.24) is 10.1 Å². The SMILES string of the molecule is Nc1onc(CCc2ccccc2)c1-c1ccncc1. The lowest BCUT2D eigenvalue weighted by Gasteiger charge is -2.02. The fraction of sp³-hybridized carbons (Fsp3) is 0.125. The second-order valence-electron chi connectivity index (χ2n) is 4.59. The first kappa shape index (κ1) is 12.4. The minimum absolute atomic E-state index is 0.360. The molecule has 0 atom stereocenters. The van der Waals surface area contributed by atoms with Gasteiger partial charge in [-0.15, -0.1) is 0 Å². The molecular weight excluding hydrogens is 250 g/mol. The highest BCUT2D eigenvalue weighted by atomic mass is 16.5. The van der Waals surface area contributed by atoms with E-state index < -0.39 is 0 Å². The maximum atomic E-state index is 5.89. The number of pyridine rings is 1. The number of hydrogen-bond donors (Lipinski definition) is 1. The highest BCUT2D eigenvalue weighted by molar-refractivity contribution is 5.74. The van der Waals surface area contributed by atoms with Gasteiger partial charge in [0.1, 0.15) is 0 Å². The molecule has 3 aromatic rings. The number of anilines is 1. The molecule has 2 N–H and O–H groups in total. The van der Waals surface area contributed by atoms with Crippen LogP contribution in [0.5, 0.6) is 0 Å². The van der Waals surface area contributed by atoms with Gasteiger partial charge in [0.25, 0.3) is 0 Å². The summed E-state index contributed by atoms with van der Waals surface area (Å²) in [7, 11) is 0. The number of nitrogen functional groups attached to an aromatic ring is 1. The molecule has 0 saturated heterocycles. The van der Waals surface area contributed by atoms with E-state index in [0.717, 1.165) is 29.7 Å². The third-order valence-electron chi connectivity index (χ3n) is 3.25. The van der Waals surface area contributed by atoms with Gasteiger partial charge in [-0.05, 0) is 36.1 Å². The minimum atomic E-state index is 0.360. The minimum Gasteiger partial charge on any atom is -0.367 e. The Bertz CT molecular complexity index is 677. The van der Waals surface area contributed by atoms with Gasteiger partial charge in [-0.1, -0.05) is 35.5 Å². The first-order valence-electron chi connectivity index (χ1n) is 6.53. The summed E-state index contributed by atoms with van der Waals surface area (Å²) in [4.78, 5) is 4.02. The van der Waals surface area contributed by atoms with Crippen LogP contribution in [0.2, 0.25) is 0 Å². The molecule has 0 aliphatic rings. The Kier molecular flexibility index (Phi) is 3.46. The van der Waals surface area contributed by atoms with E-state index in [1.807, 2.05) is 30.3 Å². The van der Waals surface area contributed by atoms with Crippen molar-refractivity contribution in [2.45, 2.75) is 12.8 Å². The number of aryl methyl sites for hydroxylation is 2. The maximum Gasteiger partial charge on any atom is 0.230 e. The number of rotatable bonds is 4. The second-order valence-corrected chi connectivity index (χ2v) is 4.59. The van der Waals surface area contributed by atoms with E-state index in [0.29, 0.717) is 5.88 Å². The van der Waals surface area contributed by atoms with E-state index in [1.165, 1.54) is 5.56 Å². The second kappa shape index (κ2) is 5.57. The Morgan fingerprint density at radius 2 is 1.70 bits per heavy atom. The van der Waals surface area contributed by atoms with Crippen molar-refractivity contribution >= 4 is 5.88 Å². The van der Waals surface area contributed by atoms with Crippen LogP contribution in [0.1, 0.15) is 11.3 Å². The molecule has 0 fully saturated rings. The summed E-state index contributed by atoms with van der Waals surface area (Å²) in [6, 6.07) is 14.1. The van der Waals surface area contributed by atoms with Gasteiger partial charge in [0.05, 0.1) is 11.3 Å². The van der Waals surface area contributed by atoms with Gasteiger partial charge < -0.3 is 10.3 Å². The zero-order chi connectivity index (χ0) is 13.8. The molecule has 0 spiro atoms. The number of benzene rings is 1. The van der Waals surface area contributed by atoms with Gasteiger partial charge in [0.2, 0.25) is 5.88 Å². The molecule has 1 aromatic carbocycles. The van der Waals surface area contributed by atoms with Crippen LogP contribution >= 0.6 is 0 Å². The zero-order valence-electron chi connectivity index (χ0n) is 11.0. The Labute approximate surface area is 117 Å². The van der Waals surface area contributed by atoms with Crippen LogP contribution in [-0.2, 0) is 12.8 Å². The number of nitrogens with zero attached hydrogens (tertiary/aromatic N) is 2. The predicted octanol–water partition coefficient (Wildman–Crippen LogP) is 3.10. The first-order chi connectivity index (χ1) is 9.84. The summed E-state index contributed by atoms with van der Waals surface area (Å²) in [6.07, 6.45) is 5.18. The Morgan fingerprint density at radius 1 is 0.950 bits per heavy atom. The summed E-state index contributed by atoms with van der Waals surface area (Å²) < 4.78 is 5.15. The average molecular weight is 265 g/mol. The molecule has 0 radical (unpaired) electrons. The van der Waals surface area contributed by atoms with Crippen molar-refractivity contribution in [2.75, 3.05) is 5.73 Å². The van der Waals surface area contributed by atoms with Gasteiger partial charge in [-0.2, -0.15) is 0 Å². The van der Waals surface area contributed by atoms with Gasteiger partial charge in [0.15, 0.2) is 0 Å². The lowest BCUT2D eigenvalue weighted by molar-refractivity contribution is 0.427. The summed E-state index contributed by atoms with van der Waals surface area (Å²) in [5.74, 6) is 0.360. The van der Waals surface area contributed by atoms with Gasteiger partial charge >= 0.3 is 0 Å². The van der Waals surface area contributed by atoms with E-state index in [1.54, 1.807) is 12.4 Å². The molecule has 0 amide bonds. The topological polar surface area (TPSA) is 64.9 Å². The lowest BCUT2D eigenvalue weighted by Crippen LogP contribution is -1.95. The Hall–Kier alpha value is -2.62. The first-order valence-corrected chi connectivity index (χ1v) is 6.53. The highest BCUT2D eigenvalue weighted by Crippen LogP contribution is 2.29. The third-order valence-corrected chi connectivity index (χ3v) is 3.25. The van der Waals surface area contributed by atoms with Crippen LogP contribution in [0.25, 0.3) is 11.1 Å². The predicted molar refractivity (Wildman–Crippen MR) is 78.0 cm³/mol. The van der Waals surface area contributed by atoms with Gasteiger partial charge in [0, 0.05) is 12.4 Å². The molecule has 4 nitrogen and oxygen atoms in total. The molecule has 0 bridgehead atoms. The summed E-state index contributed by atoms with van der Waals surface area (Å²) in [6.45, 7) is 0. The number of hydrogen-bond acceptors (Lipinski definition) is 4. The summed E-state index contributed by atoms with van der Waals surface area (Å²) >= 11 is 0. The standard InChI is InChI=1S/C16H15N3O/c17-16-15(13-8-10-18-11-9-13)14(19-20-16)7-6-12-4-2-1-3-5-12/h1-5,8-11H,6-7,17H2. The van der Waals surface area contributed by atoms with E-state index in [9.17, 15) is 0 Å². The highest BCUT2D eigenvalue weighted by Gasteiger charge is 2.15. The number of aromatic nitrogens is 2. The molecule has 0 aliphatic heterocycles. The smallest absolute Gasteiger partial charge is 0.230 e. The molecule has 0 unspecified atom stereocenters. The summed E-state index contributed by atoms with van der Waals surface area (Å²) in [5, 5.41) is 4.09. The van der Waals surface area contributed by atoms with Crippen LogP contribution in [0.15, 0.2) is 59.4 Å². The average Bonchev–Trinajstić information content (AvgIpc) is 2.88. The van der Waals surface area contributed by atoms with E-state index >= 15 is 0 Å². The maximum absolute atomic E-state index is 5.89. The molecule has 3 rings (SSSR count). The molecule has 0 aliphatic carbocycles. The largest absolute Gasteiger partial charge is 0.367 e. The Morgan fingerprint density at radius 3 is 2.45 bits per heavy atom. The molecule has 2 heterocycles. The van der Waals surface area contributed by atoms with Gasteiger partial charge in [-0.25, -0.2) is 0 Å². The van der Waals surface area contributed by atoms with E-state index in [-0.39, 0.29) is 0 Å². The monoisotopic (exact) mass is 265 g/mol. The van der Waals surface area contributed by atoms with Crippen LogP contribution in [0.4, 0.5) is 5.88 Å². The van der Waals surface area contributed by atoms with Crippen molar-refractivity contribution in [1.29, 1.82) is 0 Å². The zero-order valence-corrected chi connectivity index (χ0v) is 11.0. The number of nitrogens with two attached hydrogens (primary N) is 1. The van der Waals surface area contributed by atoms with Crippen LogP contribution < -0.4 is 5.73 Å². The molecule has 2 aromatic heterocycles. The molecule has 20 heavy (non-hydrogen) atoms. The van der Waals surface area contributed by atoms with E-state index in [2.05, 4.69) is 22.3 Å².